The molecule has 10 nitrogen and oxygen atoms in total. The smallest absolute Gasteiger partial charge is 0.495 e. The molecule has 11 aromatic rings. The predicted molar refractivity (Wildman–Crippen MR) is 409 cm³/mol. The molecule has 0 aliphatic carbocycles. The molecule has 0 spiro atoms. The molecular weight excluding hydrogens is 1640 g/mol. The van der Waals surface area contributed by atoms with E-state index in [1.807, 2.05) is 0 Å². The molecule has 0 radical (unpaired) electrons. The van der Waals surface area contributed by atoms with Gasteiger partial charge in [0.15, 0.2) is 20.2 Å². The van der Waals surface area contributed by atoms with Crippen molar-refractivity contribution < 1.29 is 95.7 Å². The summed E-state index contributed by atoms with van der Waals surface area (Å²) in [6, 6.07) is 90.8. The summed E-state index contributed by atoms with van der Waals surface area (Å²) in [6.07, 6.45) is 0. The van der Waals surface area contributed by atoms with Gasteiger partial charge in [0.25, 0.3) is 0 Å². The summed E-state index contributed by atoms with van der Waals surface area (Å²) in [5.74, 6) is -0.535. The van der Waals surface area contributed by atoms with E-state index in [0.717, 1.165) is 15.7 Å². The summed E-state index contributed by atoms with van der Waals surface area (Å²) < 4.78 is 164. The van der Waals surface area contributed by atoms with Crippen LogP contribution < -0.4 is 52.1 Å². The van der Waals surface area contributed by atoms with Crippen molar-refractivity contribution in [2.75, 3.05) is 0 Å². The first-order chi connectivity index (χ1) is 48.5. The van der Waals surface area contributed by atoms with Gasteiger partial charge in [-0.1, -0.05) is 164 Å². The monoisotopic (exact) mass is 1730 g/mol. The first kappa shape index (κ1) is 90.9. The number of hydrogen-bond donors (Lipinski definition) is 0. The maximum atomic E-state index is 11.9. The van der Waals surface area contributed by atoms with Gasteiger partial charge in [0, 0.05) is 48.8 Å². The van der Waals surface area contributed by atoms with Crippen molar-refractivity contribution >= 4 is 94.8 Å². The fourth-order valence-corrected chi connectivity index (χ4v) is 20.0. The van der Waals surface area contributed by atoms with Gasteiger partial charge in [-0.25, -0.2) is 30.0 Å². The Kier molecular flexibility index (Phi) is 39.0. The SMILES string of the molecule is Cc1c(C)[n+](C(C)C)c(/[PH+]=[PH+]\c2n(C(C)C)c(C)c(C)[n+]2C(C)C)n1C(C)C.Fc1ccccc1.Fc1ccccc1.Fc1ccccc1.O=S(=O)([O-])C(F)(F)F.O=S(=O)([O-])C(F)(F)F.[Pt].c1ccc([PH+](c2ccccc2)c2ccccc2)cc1.c1ccc([PH+](c2ccccc2)c2ccccc2)cc1. The van der Waals surface area contributed by atoms with Crippen LogP contribution >= 0.6 is 31.6 Å². The molecule has 11 rings (SSSR count). The van der Waals surface area contributed by atoms with Crippen molar-refractivity contribution in [3.63, 3.8) is 0 Å². The Bertz CT molecular complexity index is 3940. The molecule has 26 heteroatoms. The zero-order valence-electron chi connectivity index (χ0n) is 59.6. The fourth-order valence-electron chi connectivity index (χ4n) is 10.3. The van der Waals surface area contributed by atoms with Gasteiger partial charge >= 0.3 is 37.9 Å². The predicted octanol–water partition coefficient (Wildman–Crippen LogP) is 16.6. The first-order valence-corrected chi connectivity index (χ1v) is 41.3. The Morgan fingerprint density at radius 1 is 0.337 bits per heavy atom. The van der Waals surface area contributed by atoms with Crippen LogP contribution in [0.3, 0.4) is 0 Å². The van der Waals surface area contributed by atoms with Gasteiger partial charge in [0.05, 0.1) is 40.0 Å². The minimum atomic E-state index is -6.09. The second-order valence-electron chi connectivity index (χ2n) is 23.7. The van der Waals surface area contributed by atoms with Crippen molar-refractivity contribution in [3.05, 3.63) is 313 Å². The molecule has 104 heavy (non-hydrogen) atoms. The molecule has 0 amide bonds. The number of aromatic nitrogens is 4. The van der Waals surface area contributed by atoms with E-state index in [9.17, 15) is 39.5 Å². The Morgan fingerprint density at radius 2 is 0.490 bits per heavy atom. The largest absolute Gasteiger partial charge is 0.741 e. The van der Waals surface area contributed by atoms with Gasteiger partial charge in [0.2, 0.25) is 0 Å². The van der Waals surface area contributed by atoms with E-state index in [-0.39, 0.29) is 38.5 Å². The molecule has 0 fully saturated rings. The molecule has 9 aromatic carbocycles. The second-order valence-corrected chi connectivity index (χ2v) is 34.3. The summed E-state index contributed by atoms with van der Waals surface area (Å²) in [4.78, 5) is 0. The summed E-state index contributed by atoms with van der Waals surface area (Å²) in [7, 11) is -12.4. The Labute approximate surface area is 626 Å². The molecule has 2 atom stereocenters. The summed E-state index contributed by atoms with van der Waals surface area (Å²) in [5.41, 5.74) is -2.63. The third-order valence-corrected chi connectivity index (χ3v) is 24.7. The first-order valence-electron chi connectivity index (χ1n) is 32.5. The average molecular weight is 1730 g/mol. The molecule has 558 valence electrons. The van der Waals surface area contributed by atoms with E-state index >= 15 is 0 Å². The Morgan fingerprint density at radius 3 is 0.606 bits per heavy atom. The van der Waals surface area contributed by atoms with Gasteiger partial charge in [-0.2, -0.15) is 44.6 Å². The van der Waals surface area contributed by atoms with Crippen LogP contribution in [0.2, 0.25) is 0 Å². The van der Waals surface area contributed by atoms with Crippen LogP contribution in [0.4, 0.5) is 39.5 Å². The Balaban J connectivity index is 0.000000328. The molecule has 2 unspecified atom stereocenters. The number of imidazole rings is 2. The minimum absolute atomic E-state index is 0. The van der Waals surface area contributed by atoms with Crippen LogP contribution in [0.1, 0.15) is 102 Å². The molecule has 0 saturated heterocycles. The van der Waals surface area contributed by atoms with Crippen LogP contribution in [0.15, 0.2) is 273 Å². The second kappa shape index (κ2) is 44.6. The van der Waals surface area contributed by atoms with Gasteiger partial charge in [-0.3, -0.25) is 0 Å². The number of rotatable bonds is 12. The van der Waals surface area contributed by atoms with Crippen molar-refractivity contribution in [2.45, 2.75) is 118 Å². The summed E-state index contributed by atoms with van der Waals surface area (Å²) in [6.45, 7) is 27.6. The summed E-state index contributed by atoms with van der Waals surface area (Å²) in [5, 5.41) is 8.61. The van der Waals surface area contributed by atoms with Crippen LogP contribution in [-0.4, -0.2) is 46.1 Å². The minimum Gasteiger partial charge on any atom is -0.741 e. The van der Waals surface area contributed by atoms with Crippen LogP contribution in [0, 0.1) is 45.1 Å². The van der Waals surface area contributed by atoms with Crippen molar-refractivity contribution in [1.82, 2.24) is 9.13 Å². The van der Waals surface area contributed by atoms with E-state index in [4.69, 9.17) is 25.9 Å². The van der Waals surface area contributed by atoms with Crippen molar-refractivity contribution in [2.24, 2.45) is 0 Å². The van der Waals surface area contributed by atoms with E-state index in [1.54, 1.807) is 54.6 Å². The average Bonchev–Trinajstić information content (AvgIpc) is 1.64. The number of benzene rings is 9. The maximum Gasteiger partial charge on any atom is 0.495 e. The maximum absolute atomic E-state index is 11.9. The third-order valence-electron chi connectivity index (χ3n) is 14.9. The molecular formula is C78H89F9N4O6P4PtS2+4. The summed E-state index contributed by atoms with van der Waals surface area (Å²) >= 11 is 0. The van der Waals surface area contributed by atoms with Crippen LogP contribution in [0.25, 0.3) is 0 Å². The molecule has 0 saturated carbocycles. The third kappa shape index (κ3) is 29.6. The van der Waals surface area contributed by atoms with Crippen LogP contribution in [-0.2, 0) is 41.3 Å². The quantitative estimate of drug-likeness (QED) is 0.0393. The molecule has 2 heterocycles. The zero-order valence-corrected chi connectivity index (χ0v) is 67.5. The number of halogens is 9. The molecule has 0 aliphatic rings. The van der Waals surface area contributed by atoms with Crippen molar-refractivity contribution in [3.8, 4) is 0 Å². The van der Waals surface area contributed by atoms with Crippen molar-refractivity contribution in [1.29, 1.82) is 0 Å². The molecule has 0 N–H and O–H groups in total. The fraction of sp³-hybridized carbons (Fsp3) is 0.231. The number of hydrogen-bond acceptors (Lipinski definition) is 6. The van der Waals surface area contributed by atoms with E-state index in [0.29, 0.717) is 24.2 Å². The van der Waals surface area contributed by atoms with Gasteiger partial charge in [-0.05, 0) is 165 Å². The number of nitrogens with zero attached hydrogens (tertiary/aromatic N) is 4. The standard InChI is InChI=1S/C22H42N4P2.2C18H15P.3C6H5F.2CHF3O3S.Pt/c1-13(2)23-17(9)18(10)24(14(3)4)21(23)27-28-22-25(15(5)6)19(11)20(12)26(22)16(7)8;2*1-4-10-16(11-5-1)19(17-12-6-2-7-13-17)18-14-8-3-9-15-18;3*7-6-4-2-1-3-5-6;2*2-1(3,4)8(5,6)7;/h13-16,27-28H,1-12H3;2*1-15H;3*1-5H;2*(H,5,6,7);/q+4;;;;;;;;. The zero-order chi connectivity index (χ0) is 76.7. The number of alkyl halides is 6. The van der Waals surface area contributed by atoms with E-state index in [2.05, 4.69) is 283 Å². The topological polar surface area (TPSA) is 132 Å². The van der Waals surface area contributed by atoms with Gasteiger partial charge < -0.3 is 9.11 Å². The van der Waals surface area contributed by atoms with E-state index in [1.165, 1.54) is 102 Å². The normalized spacial score (nSPS) is 11.2. The van der Waals surface area contributed by atoms with Gasteiger partial charge in [0.1, 0.15) is 72.1 Å². The molecule has 0 bridgehead atoms. The Hall–Kier alpha value is -7.26. The van der Waals surface area contributed by atoms with E-state index < -0.39 is 47.1 Å². The molecule has 2 aromatic heterocycles. The van der Waals surface area contributed by atoms with Crippen LogP contribution in [0.5, 0.6) is 0 Å². The molecule has 0 aliphatic heterocycles. The van der Waals surface area contributed by atoms with Gasteiger partial charge in [-0.15, -0.1) is 0 Å².